The maximum absolute atomic E-state index is 12.6. The number of hydrogen-bond acceptors (Lipinski definition) is 4. The molecule has 0 radical (unpaired) electrons. The number of benzene rings is 2. The average Bonchev–Trinajstić information content (AvgIpc) is 2.67. The quantitative estimate of drug-likeness (QED) is 0.713. The van der Waals surface area contributed by atoms with Crippen molar-refractivity contribution in [2.24, 2.45) is 0 Å². The summed E-state index contributed by atoms with van der Waals surface area (Å²) >= 11 is 0. The zero-order chi connectivity index (χ0) is 19.2. The Morgan fingerprint density at radius 2 is 2.07 bits per heavy atom. The van der Waals surface area contributed by atoms with E-state index in [1.807, 2.05) is 24.3 Å². The number of fused-ring (bicyclic) bond motifs is 1. The third kappa shape index (κ3) is 4.55. The molecule has 5 nitrogen and oxygen atoms in total. The molecule has 7 heteroatoms. The van der Waals surface area contributed by atoms with E-state index < -0.39 is 6.61 Å². The Balaban J connectivity index is 1.78. The normalized spacial score (nSPS) is 13.4. The Kier molecular flexibility index (Phi) is 5.90. The Bertz CT molecular complexity index is 838. The Morgan fingerprint density at radius 1 is 1.26 bits per heavy atom. The molecule has 0 saturated carbocycles. The number of carbonyl (C=O) groups excluding carboxylic acids is 1. The molecule has 1 aliphatic rings. The van der Waals surface area contributed by atoms with Crippen LogP contribution in [0, 0.1) is 0 Å². The van der Waals surface area contributed by atoms with E-state index in [9.17, 15) is 13.6 Å². The van der Waals surface area contributed by atoms with Crippen LogP contribution in [0.5, 0.6) is 17.2 Å². The fourth-order valence-corrected chi connectivity index (χ4v) is 2.75. The van der Waals surface area contributed by atoms with Gasteiger partial charge in [-0.1, -0.05) is 18.2 Å². The lowest BCUT2D eigenvalue weighted by molar-refractivity contribution is -0.114. The minimum Gasteiger partial charge on any atom is -0.490 e. The van der Waals surface area contributed by atoms with Crippen molar-refractivity contribution in [2.45, 2.75) is 13.5 Å². The van der Waals surface area contributed by atoms with Crippen molar-refractivity contribution in [1.29, 1.82) is 0 Å². The maximum atomic E-state index is 12.6. The second kappa shape index (κ2) is 8.53. The first kappa shape index (κ1) is 18.7. The van der Waals surface area contributed by atoms with Crippen LogP contribution in [0.25, 0.3) is 6.08 Å². The zero-order valence-electron chi connectivity index (χ0n) is 14.7. The predicted octanol–water partition coefficient (Wildman–Crippen LogP) is 4.13. The van der Waals surface area contributed by atoms with Gasteiger partial charge in [0.2, 0.25) is 0 Å². The maximum Gasteiger partial charge on any atom is 0.387 e. The molecule has 1 heterocycles. The molecule has 0 bridgehead atoms. The van der Waals surface area contributed by atoms with Crippen LogP contribution in [-0.4, -0.2) is 32.3 Å². The third-order valence-corrected chi connectivity index (χ3v) is 3.90. The second-order valence-electron chi connectivity index (χ2n) is 5.66. The van der Waals surface area contributed by atoms with E-state index in [4.69, 9.17) is 9.47 Å². The van der Waals surface area contributed by atoms with Crippen LogP contribution >= 0.6 is 0 Å². The van der Waals surface area contributed by atoms with Gasteiger partial charge < -0.3 is 19.1 Å². The highest BCUT2D eigenvalue weighted by Gasteiger charge is 2.21. The molecule has 0 N–H and O–H groups in total. The average molecular weight is 375 g/mol. The summed E-state index contributed by atoms with van der Waals surface area (Å²) in [4.78, 5) is 14.2. The fraction of sp³-hybridized carbons (Fsp3) is 0.250. The van der Waals surface area contributed by atoms with Crippen LogP contribution in [0.3, 0.4) is 0 Å². The Labute approximate surface area is 155 Å². The van der Waals surface area contributed by atoms with Gasteiger partial charge in [0.25, 0.3) is 5.91 Å². The molecule has 2 aromatic carbocycles. The number of halogens is 2. The number of alkyl halides is 2. The molecule has 0 spiro atoms. The van der Waals surface area contributed by atoms with E-state index in [1.54, 1.807) is 30.0 Å². The molecule has 0 atom stereocenters. The third-order valence-electron chi connectivity index (χ3n) is 3.90. The van der Waals surface area contributed by atoms with Gasteiger partial charge in [-0.15, -0.1) is 0 Å². The van der Waals surface area contributed by atoms with Gasteiger partial charge in [0, 0.05) is 6.08 Å². The topological polar surface area (TPSA) is 48.0 Å². The number of hydrogen-bond donors (Lipinski definition) is 0. The summed E-state index contributed by atoms with van der Waals surface area (Å²) in [6.07, 6.45) is 3.04. The number of nitrogens with zero attached hydrogens (tertiary/aromatic N) is 1. The van der Waals surface area contributed by atoms with Gasteiger partial charge in [-0.2, -0.15) is 8.78 Å². The van der Waals surface area contributed by atoms with Crippen LogP contribution < -0.4 is 19.1 Å². The molecule has 2 aromatic rings. The van der Waals surface area contributed by atoms with Crippen LogP contribution in [-0.2, 0) is 4.79 Å². The molecule has 0 saturated heterocycles. The SMILES string of the molecule is CCOc1cc(C=CC(=O)N2CCOc3ccccc32)ccc1OC(F)F. The second-order valence-corrected chi connectivity index (χ2v) is 5.66. The van der Waals surface area contributed by atoms with Gasteiger partial charge in [0.15, 0.2) is 11.5 Å². The first-order valence-electron chi connectivity index (χ1n) is 8.51. The van der Waals surface area contributed by atoms with E-state index in [0.29, 0.717) is 36.8 Å². The summed E-state index contributed by atoms with van der Waals surface area (Å²) in [7, 11) is 0. The number of para-hydroxylation sites is 2. The smallest absolute Gasteiger partial charge is 0.387 e. The van der Waals surface area contributed by atoms with Gasteiger partial charge in [0.1, 0.15) is 12.4 Å². The van der Waals surface area contributed by atoms with Crippen molar-refractivity contribution in [3.8, 4) is 17.2 Å². The molecule has 27 heavy (non-hydrogen) atoms. The first-order chi connectivity index (χ1) is 13.1. The van der Waals surface area contributed by atoms with Gasteiger partial charge in [0.05, 0.1) is 18.8 Å². The Hall–Kier alpha value is -3.09. The number of ether oxygens (including phenoxy) is 3. The van der Waals surface area contributed by atoms with E-state index in [0.717, 1.165) is 0 Å². The van der Waals surface area contributed by atoms with E-state index in [-0.39, 0.29) is 17.4 Å². The highest BCUT2D eigenvalue weighted by atomic mass is 19.3. The lowest BCUT2D eigenvalue weighted by Crippen LogP contribution is -2.36. The summed E-state index contributed by atoms with van der Waals surface area (Å²) < 4.78 is 40.3. The van der Waals surface area contributed by atoms with Crippen molar-refractivity contribution < 1.29 is 27.8 Å². The molecular formula is C20H19F2NO4. The molecule has 1 aliphatic heterocycles. The largest absolute Gasteiger partial charge is 0.490 e. The summed E-state index contributed by atoms with van der Waals surface area (Å²) in [5.74, 6) is 0.621. The van der Waals surface area contributed by atoms with Gasteiger partial charge in [-0.25, -0.2) is 0 Å². The van der Waals surface area contributed by atoms with Crippen LogP contribution in [0.4, 0.5) is 14.5 Å². The van der Waals surface area contributed by atoms with E-state index in [1.165, 1.54) is 12.1 Å². The van der Waals surface area contributed by atoms with Crippen LogP contribution in [0.1, 0.15) is 12.5 Å². The van der Waals surface area contributed by atoms with E-state index >= 15 is 0 Å². The zero-order valence-corrected chi connectivity index (χ0v) is 14.7. The van der Waals surface area contributed by atoms with Gasteiger partial charge >= 0.3 is 6.61 Å². The van der Waals surface area contributed by atoms with Crippen molar-refractivity contribution in [1.82, 2.24) is 0 Å². The lowest BCUT2D eigenvalue weighted by atomic mass is 10.1. The highest BCUT2D eigenvalue weighted by molar-refractivity contribution is 6.05. The van der Waals surface area contributed by atoms with Crippen molar-refractivity contribution in [3.05, 3.63) is 54.1 Å². The van der Waals surface area contributed by atoms with Gasteiger partial charge in [-0.3, -0.25) is 4.79 Å². The molecule has 0 fully saturated rings. The van der Waals surface area contributed by atoms with Crippen LogP contribution in [0.15, 0.2) is 48.5 Å². The first-order valence-corrected chi connectivity index (χ1v) is 8.51. The van der Waals surface area contributed by atoms with Gasteiger partial charge in [-0.05, 0) is 42.8 Å². The molecule has 0 unspecified atom stereocenters. The van der Waals surface area contributed by atoms with E-state index in [2.05, 4.69) is 4.74 Å². The highest BCUT2D eigenvalue weighted by Crippen LogP contribution is 2.32. The number of rotatable bonds is 6. The summed E-state index contributed by atoms with van der Waals surface area (Å²) in [6, 6.07) is 11.9. The number of amides is 1. The number of carbonyl (C=O) groups is 1. The van der Waals surface area contributed by atoms with Crippen molar-refractivity contribution in [3.63, 3.8) is 0 Å². The molecule has 0 aromatic heterocycles. The lowest BCUT2D eigenvalue weighted by Gasteiger charge is -2.28. The molecule has 3 rings (SSSR count). The standard InChI is InChI=1S/C20H19F2NO4/c1-2-25-18-13-14(7-9-17(18)27-20(21)22)8-10-19(24)23-11-12-26-16-6-4-3-5-15(16)23/h3-10,13,20H,2,11-12H2,1H3. The summed E-state index contributed by atoms with van der Waals surface area (Å²) in [5.41, 5.74) is 1.35. The summed E-state index contributed by atoms with van der Waals surface area (Å²) in [5, 5.41) is 0. The monoisotopic (exact) mass is 375 g/mol. The minimum absolute atomic E-state index is 0.0440. The molecular weight excluding hydrogens is 356 g/mol. The fourth-order valence-electron chi connectivity index (χ4n) is 2.75. The number of anilines is 1. The minimum atomic E-state index is -2.94. The molecule has 0 aliphatic carbocycles. The predicted molar refractivity (Wildman–Crippen MR) is 97.6 cm³/mol. The van der Waals surface area contributed by atoms with Crippen LogP contribution in [0.2, 0.25) is 0 Å². The molecule has 1 amide bonds. The van der Waals surface area contributed by atoms with Crippen molar-refractivity contribution in [2.75, 3.05) is 24.7 Å². The van der Waals surface area contributed by atoms with Crippen molar-refractivity contribution >= 4 is 17.7 Å². The Morgan fingerprint density at radius 3 is 2.85 bits per heavy atom. The summed E-state index contributed by atoms with van der Waals surface area (Å²) in [6.45, 7) is -0.0192. The molecule has 142 valence electrons.